The Morgan fingerprint density at radius 3 is 2.67 bits per heavy atom. The third-order valence-corrected chi connectivity index (χ3v) is 5.63. The molecule has 1 N–H and O–H groups in total. The number of carbonyl (C=O) groups excluding carboxylic acids is 1. The fourth-order valence-corrected chi connectivity index (χ4v) is 4.30. The van der Waals surface area contributed by atoms with Crippen molar-refractivity contribution in [3.05, 3.63) is 40.4 Å². The maximum atomic E-state index is 12.0. The van der Waals surface area contributed by atoms with E-state index in [2.05, 4.69) is 28.2 Å². The average Bonchev–Trinajstić information content (AvgIpc) is 3.09. The number of amides is 1. The number of nitrogens with one attached hydrogen (secondary N) is 1. The van der Waals surface area contributed by atoms with Gasteiger partial charge in [-0.1, -0.05) is 34.5 Å². The van der Waals surface area contributed by atoms with Crippen LogP contribution in [0.25, 0.3) is 6.08 Å². The Kier molecular flexibility index (Phi) is 4.48. The van der Waals surface area contributed by atoms with Gasteiger partial charge in [0.2, 0.25) is 5.91 Å². The van der Waals surface area contributed by atoms with E-state index in [9.17, 15) is 4.79 Å². The summed E-state index contributed by atoms with van der Waals surface area (Å²) in [5.41, 5.74) is 1.04. The van der Waals surface area contributed by atoms with Gasteiger partial charge in [0.25, 0.3) is 0 Å². The van der Waals surface area contributed by atoms with Gasteiger partial charge >= 0.3 is 0 Å². The van der Waals surface area contributed by atoms with Crippen molar-refractivity contribution in [2.24, 2.45) is 17.8 Å². The third kappa shape index (κ3) is 3.57. The Bertz CT molecular complexity index is 537. The van der Waals surface area contributed by atoms with Gasteiger partial charge < -0.3 is 5.32 Å². The predicted octanol–water partition coefficient (Wildman–Crippen LogP) is 4.40. The molecule has 4 atom stereocenters. The summed E-state index contributed by atoms with van der Waals surface area (Å²) in [5, 5.41) is 3.15. The van der Waals surface area contributed by atoms with Gasteiger partial charge in [-0.25, -0.2) is 0 Å². The molecule has 2 saturated carbocycles. The van der Waals surface area contributed by atoms with Gasteiger partial charge in [0.05, 0.1) is 0 Å². The Morgan fingerprint density at radius 2 is 2.05 bits per heavy atom. The van der Waals surface area contributed by atoms with Crippen LogP contribution < -0.4 is 5.32 Å². The summed E-state index contributed by atoms with van der Waals surface area (Å²) in [6, 6.07) is 8.24. The molecule has 112 valence electrons. The first-order valence-electron chi connectivity index (χ1n) is 7.86. The van der Waals surface area contributed by atoms with Crippen LogP contribution in [0.5, 0.6) is 0 Å². The minimum absolute atomic E-state index is 0.0215. The molecular formula is C18H22BrNO. The number of carbonyl (C=O) groups is 1. The molecule has 3 heteroatoms. The molecule has 2 nitrogen and oxygen atoms in total. The highest BCUT2D eigenvalue weighted by atomic mass is 79.9. The number of fused-ring (bicyclic) bond motifs is 2. The first kappa shape index (κ1) is 14.8. The maximum Gasteiger partial charge on any atom is 0.244 e. The molecule has 0 heterocycles. The molecule has 3 rings (SSSR count). The van der Waals surface area contributed by atoms with Crippen LogP contribution in [0.15, 0.2) is 34.8 Å². The molecule has 0 saturated heterocycles. The van der Waals surface area contributed by atoms with Gasteiger partial charge in [0, 0.05) is 16.6 Å². The number of hydrogen-bond donors (Lipinski definition) is 1. The summed E-state index contributed by atoms with van der Waals surface area (Å²) in [7, 11) is 0. The summed E-state index contributed by atoms with van der Waals surface area (Å²) >= 11 is 3.41. The lowest BCUT2D eigenvalue weighted by molar-refractivity contribution is -0.117. The number of hydrogen-bond acceptors (Lipinski definition) is 1. The SMILES string of the molecule is C[C@@H](NC(=O)/C=C/c1ccc(Br)cc1)[C@H]1C[C@H]2CC[C@H]1C2. The van der Waals surface area contributed by atoms with E-state index < -0.39 is 0 Å². The third-order valence-electron chi connectivity index (χ3n) is 5.10. The lowest BCUT2D eigenvalue weighted by Gasteiger charge is -2.28. The zero-order valence-corrected chi connectivity index (χ0v) is 14.0. The first-order chi connectivity index (χ1) is 10.1. The molecule has 2 aliphatic rings. The van der Waals surface area contributed by atoms with Crippen LogP contribution >= 0.6 is 15.9 Å². The molecular weight excluding hydrogens is 326 g/mol. The fraction of sp³-hybridized carbons (Fsp3) is 0.500. The van der Waals surface area contributed by atoms with Crippen LogP contribution in [0.4, 0.5) is 0 Å². The molecule has 2 fully saturated rings. The molecule has 2 bridgehead atoms. The Hall–Kier alpha value is -1.09. The zero-order chi connectivity index (χ0) is 14.8. The van der Waals surface area contributed by atoms with Crippen molar-refractivity contribution in [3.63, 3.8) is 0 Å². The standard InChI is InChI=1S/C18H22BrNO/c1-12(17-11-14-2-6-15(17)10-14)20-18(21)9-5-13-3-7-16(19)8-4-13/h3-5,7-9,12,14-15,17H,2,6,10-11H2,1H3,(H,20,21)/b9-5+/t12-,14+,15+,17-/m1/s1. The van der Waals surface area contributed by atoms with Crippen molar-refractivity contribution in [1.29, 1.82) is 0 Å². The minimum atomic E-state index is 0.0215. The van der Waals surface area contributed by atoms with Gasteiger partial charge in [-0.2, -0.15) is 0 Å². The summed E-state index contributed by atoms with van der Waals surface area (Å²) in [6.07, 6.45) is 8.99. The highest BCUT2D eigenvalue weighted by Crippen LogP contribution is 2.49. The van der Waals surface area contributed by atoms with Crippen molar-refractivity contribution < 1.29 is 4.79 Å². The van der Waals surface area contributed by atoms with Crippen molar-refractivity contribution in [2.45, 2.75) is 38.6 Å². The van der Waals surface area contributed by atoms with Crippen LogP contribution in [0, 0.1) is 17.8 Å². The second kappa shape index (κ2) is 6.35. The molecule has 0 spiro atoms. The molecule has 1 amide bonds. The van der Waals surface area contributed by atoms with Crippen molar-refractivity contribution in [2.75, 3.05) is 0 Å². The van der Waals surface area contributed by atoms with Crippen LogP contribution in [0.1, 0.15) is 38.2 Å². The summed E-state index contributed by atoms with van der Waals surface area (Å²) in [4.78, 5) is 12.0. The van der Waals surface area contributed by atoms with Crippen LogP contribution in [0.3, 0.4) is 0 Å². The van der Waals surface area contributed by atoms with Crippen LogP contribution in [0.2, 0.25) is 0 Å². The normalized spacial score (nSPS) is 29.0. The highest BCUT2D eigenvalue weighted by molar-refractivity contribution is 9.10. The second-order valence-corrected chi connectivity index (χ2v) is 7.44. The topological polar surface area (TPSA) is 29.1 Å². The molecule has 0 unspecified atom stereocenters. The predicted molar refractivity (Wildman–Crippen MR) is 89.7 cm³/mol. The Labute approximate surface area is 135 Å². The smallest absolute Gasteiger partial charge is 0.244 e. The van der Waals surface area contributed by atoms with E-state index in [1.807, 2.05) is 30.3 Å². The van der Waals surface area contributed by atoms with Crippen molar-refractivity contribution in [1.82, 2.24) is 5.32 Å². The molecule has 2 aliphatic carbocycles. The molecule has 21 heavy (non-hydrogen) atoms. The van der Waals surface area contributed by atoms with E-state index in [0.29, 0.717) is 12.0 Å². The summed E-state index contributed by atoms with van der Waals surface area (Å²) in [5.74, 6) is 2.49. The maximum absolute atomic E-state index is 12.0. The molecule has 0 radical (unpaired) electrons. The largest absolute Gasteiger partial charge is 0.350 e. The zero-order valence-electron chi connectivity index (χ0n) is 12.4. The molecule has 1 aromatic rings. The van der Waals surface area contributed by atoms with E-state index >= 15 is 0 Å². The van der Waals surface area contributed by atoms with E-state index in [1.165, 1.54) is 25.7 Å². The summed E-state index contributed by atoms with van der Waals surface area (Å²) < 4.78 is 1.05. The van der Waals surface area contributed by atoms with E-state index in [1.54, 1.807) is 6.08 Å². The average molecular weight is 348 g/mol. The van der Waals surface area contributed by atoms with E-state index in [0.717, 1.165) is 21.9 Å². The van der Waals surface area contributed by atoms with Gasteiger partial charge in [-0.3, -0.25) is 4.79 Å². The molecule has 0 aromatic heterocycles. The van der Waals surface area contributed by atoms with E-state index in [-0.39, 0.29) is 5.91 Å². The lowest BCUT2D eigenvalue weighted by atomic mass is 9.84. The number of halogens is 1. The lowest BCUT2D eigenvalue weighted by Crippen LogP contribution is -2.39. The number of rotatable bonds is 4. The highest BCUT2D eigenvalue weighted by Gasteiger charge is 2.41. The quantitative estimate of drug-likeness (QED) is 0.803. The molecule has 0 aliphatic heterocycles. The van der Waals surface area contributed by atoms with Gasteiger partial charge in [-0.15, -0.1) is 0 Å². The fourth-order valence-electron chi connectivity index (χ4n) is 4.03. The minimum Gasteiger partial charge on any atom is -0.350 e. The second-order valence-electron chi connectivity index (χ2n) is 6.52. The van der Waals surface area contributed by atoms with Gasteiger partial charge in [0.1, 0.15) is 0 Å². The van der Waals surface area contributed by atoms with Crippen LogP contribution in [-0.2, 0) is 4.79 Å². The van der Waals surface area contributed by atoms with Crippen LogP contribution in [-0.4, -0.2) is 11.9 Å². The van der Waals surface area contributed by atoms with Crippen molar-refractivity contribution >= 4 is 27.9 Å². The number of benzene rings is 1. The first-order valence-corrected chi connectivity index (χ1v) is 8.65. The Morgan fingerprint density at radius 1 is 1.29 bits per heavy atom. The monoisotopic (exact) mass is 347 g/mol. The Balaban J connectivity index is 1.53. The van der Waals surface area contributed by atoms with E-state index in [4.69, 9.17) is 0 Å². The summed E-state index contributed by atoms with van der Waals surface area (Å²) in [6.45, 7) is 2.16. The van der Waals surface area contributed by atoms with Gasteiger partial charge in [-0.05, 0) is 67.7 Å². The van der Waals surface area contributed by atoms with Gasteiger partial charge in [0.15, 0.2) is 0 Å². The molecule has 1 aromatic carbocycles. The van der Waals surface area contributed by atoms with Crippen molar-refractivity contribution in [3.8, 4) is 0 Å².